The molecule has 0 aliphatic carbocycles. The van der Waals surface area contributed by atoms with Crippen LogP contribution in [0.15, 0.2) is 36.5 Å². The van der Waals surface area contributed by atoms with Gasteiger partial charge in [-0.2, -0.15) is 5.10 Å². The topological polar surface area (TPSA) is 47.1 Å². The zero-order chi connectivity index (χ0) is 14.4. The van der Waals surface area contributed by atoms with Crippen molar-refractivity contribution in [3.63, 3.8) is 0 Å². The average molecular weight is 272 g/mol. The van der Waals surface area contributed by atoms with E-state index in [9.17, 15) is 0 Å². The predicted molar refractivity (Wildman–Crippen MR) is 83.3 cm³/mol. The molecule has 4 heteroatoms. The van der Waals surface area contributed by atoms with Gasteiger partial charge in [0.05, 0.1) is 0 Å². The third kappa shape index (κ3) is 4.10. The van der Waals surface area contributed by atoms with Crippen LogP contribution in [0.4, 0.5) is 5.69 Å². The lowest BCUT2D eigenvalue weighted by atomic mass is 10.1. The minimum absolute atomic E-state index is 0.839. The standard InChI is InChI=1S/C16H24N4/c1-3-10-20(11-8-16-7-9-18-19(16)2)13-14-5-4-6-15(17)12-14/h4-7,9,12H,3,8,10-11,13,17H2,1-2H3. The monoisotopic (exact) mass is 272 g/mol. The van der Waals surface area contributed by atoms with Crippen molar-refractivity contribution in [2.45, 2.75) is 26.3 Å². The first-order chi connectivity index (χ1) is 9.69. The highest BCUT2D eigenvalue weighted by atomic mass is 15.3. The first-order valence-corrected chi connectivity index (χ1v) is 7.22. The summed E-state index contributed by atoms with van der Waals surface area (Å²) in [5, 5.41) is 4.22. The fraction of sp³-hybridized carbons (Fsp3) is 0.438. The van der Waals surface area contributed by atoms with Crippen molar-refractivity contribution in [3.8, 4) is 0 Å². The number of hydrogen-bond donors (Lipinski definition) is 1. The number of benzene rings is 1. The summed E-state index contributed by atoms with van der Waals surface area (Å²) in [4.78, 5) is 2.47. The van der Waals surface area contributed by atoms with Gasteiger partial charge in [0.25, 0.3) is 0 Å². The van der Waals surface area contributed by atoms with Gasteiger partial charge < -0.3 is 5.73 Å². The normalized spacial score (nSPS) is 11.2. The highest BCUT2D eigenvalue weighted by Gasteiger charge is 2.07. The minimum Gasteiger partial charge on any atom is -0.399 e. The smallest absolute Gasteiger partial charge is 0.0492 e. The molecule has 2 aromatic rings. The molecule has 20 heavy (non-hydrogen) atoms. The summed E-state index contributed by atoms with van der Waals surface area (Å²) in [6.07, 6.45) is 4.05. The summed E-state index contributed by atoms with van der Waals surface area (Å²) in [5.74, 6) is 0. The van der Waals surface area contributed by atoms with Gasteiger partial charge in [0.1, 0.15) is 0 Å². The molecule has 0 atom stereocenters. The van der Waals surface area contributed by atoms with Crippen molar-refractivity contribution < 1.29 is 0 Å². The molecular formula is C16H24N4. The Morgan fingerprint density at radius 1 is 1.25 bits per heavy atom. The Morgan fingerprint density at radius 3 is 2.75 bits per heavy atom. The fourth-order valence-electron chi connectivity index (χ4n) is 2.46. The summed E-state index contributed by atoms with van der Waals surface area (Å²) in [5.41, 5.74) is 9.25. The van der Waals surface area contributed by atoms with Gasteiger partial charge in [-0.3, -0.25) is 9.58 Å². The molecule has 0 saturated heterocycles. The van der Waals surface area contributed by atoms with Crippen LogP contribution in [0.25, 0.3) is 0 Å². The summed E-state index contributed by atoms with van der Waals surface area (Å²) < 4.78 is 1.95. The molecule has 0 radical (unpaired) electrons. The van der Waals surface area contributed by atoms with Crippen LogP contribution in [0.5, 0.6) is 0 Å². The number of aryl methyl sites for hydroxylation is 1. The third-order valence-corrected chi connectivity index (χ3v) is 3.50. The first kappa shape index (κ1) is 14.6. The van der Waals surface area contributed by atoms with Crippen LogP contribution in [0.3, 0.4) is 0 Å². The van der Waals surface area contributed by atoms with E-state index in [0.29, 0.717) is 0 Å². The number of aromatic nitrogens is 2. The Labute approximate surface area is 121 Å². The lowest BCUT2D eigenvalue weighted by Gasteiger charge is -2.22. The molecule has 0 unspecified atom stereocenters. The number of nitrogens with two attached hydrogens (primary N) is 1. The maximum absolute atomic E-state index is 5.85. The van der Waals surface area contributed by atoms with Crippen LogP contribution in [0.2, 0.25) is 0 Å². The molecule has 0 spiro atoms. The molecule has 0 bridgehead atoms. The Morgan fingerprint density at radius 2 is 2.10 bits per heavy atom. The Balaban J connectivity index is 1.95. The van der Waals surface area contributed by atoms with Crippen molar-refractivity contribution in [1.82, 2.24) is 14.7 Å². The SMILES string of the molecule is CCCN(CCc1ccnn1C)Cc1cccc(N)c1. The van der Waals surface area contributed by atoms with Crippen LogP contribution in [-0.4, -0.2) is 27.8 Å². The van der Waals surface area contributed by atoms with Crippen LogP contribution >= 0.6 is 0 Å². The summed E-state index contributed by atoms with van der Waals surface area (Å²) >= 11 is 0. The maximum atomic E-state index is 5.85. The molecule has 0 fully saturated rings. The van der Waals surface area contributed by atoms with E-state index in [4.69, 9.17) is 5.73 Å². The molecule has 2 N–H and O–H groups in total. The fourth-order valence-corrected chi connectivity index (χ4v) is 2.46. The van der Waals surface area contributed by atoms with E-state index in [1.807, 2.05) is 30.1 Å². The highest BCUT2D eigenvalue weighted by Crippen LogP contribution is 2.11. The molecule has 1 aromatic heterocycles. The Kier molecular flexibility index (Phi) is 5.18. The van der Waals surface area contributed by atoms with E-state index < -0.39 is 0 Å². The maximum Gasteiger partial charge on any atom is 0.0492 e. The van der Waals surface area contributed by atoms with Crippen molar-refractivity contribution in [1.29, 1.82) is 0 Å². The van der Waals surface area contributed by atoms with E-state index in [1.54, 1.807) is 0 Å². The lowest BCUT2D eigenvalue weighted by molar-refractivity contribution is 0.267. The lowest BCUT2D eigenvalue weighted by Crippen LogP contribution is -2.27. The zero-order valence-corrected chi connectivity index (χ0v) is 12.4. The van der Waals surface area contributed by atoms with Crippen molar-refractivity contribution in [2.75, 3.05) is 18.8 Å². The van der Waals surface area contributed by atoms with Crippen molar-refractivity contribution in [2.24, 2.45) is 7.05 Å². The highest BCUT2D eigenvalue weighted by molar-refractivity contribution is 5.40. The van der Waals surface area contributed by atoms with E-state index >= 15 is 0 Å². The van der Waals surface area contributed by atoms with Crippen LogP contribution < -0.4 is 5.73 Å². The number of rotatable bonds is 7. The minimum atomic E-state index is 0.839. The largest absolute Gasteiger partial charge is 0.399 e. The van der Waals surface area contributed by atoms with Gasteiger partial charge in [-0.15, -0.1) is 0 Å². The molecule has 0 saturated carbocycles. The second-order valence-corrected chi connectivity index (χ2v) is 5.22. The number of hydrogen-bond acceptors (Lipinski definition) is 3. The van der Waals surface area contributed by atoms with Gasteiger partial charge in [0.15, 0.2) is 0 Å². The molecule has 2 rings (SSSR count). The number of nitrogens with zero attached hydrogens (tertiary/aromatic N) is 3. The van der Waals surface area contributed by atoms with E-state index in [0.717, 1.165) is 38.2 Å². The molecule has 0 amide bonds. The summed E-state index contributed by atoms with van der Waals surface area (Å²) in [6, 6.07) is 10.2. The zero-order valence-electron chi connectivity index (χ0n) is 12.4. The van der Waals surface area contributed by atoms with Gasteiger partial charge in [-0.25, -0.2) is 0 Å². The van der Waals surface area contributed by atoms with E-state index in [-0.39, 0.29) is 0 Å². The average Bonchev–Trinajstić information content (AvgIpc) is 2.82. The number of nitrogen functional groups attached to an aromatic ring is 1. The molecule has 0 aliphatic rings. The quantitative estimate of drug-likeness (QED) is 0.788. The molecule has 1 heterocycles. The van der Waals surface area contributed by atoms with Crippen molar-refractivity contribution >= 4 is 5.69 Å². The second kappa shape index (κ2) is 7.10. The third-order valence-electron chi connectivity index (χ3n) is 3.50. The molecular weight excluding hydrogens is 248 g/mol. The van der Waals surface area contributed by atoms with Gasteiger partial charge in [0.2, 0.25) is 0 Å². The molecule has 0 aliphatic heterocycles. The second-order valence-electron chi connectivity index (χ2n) is 5.22. The summed E-state index contributed by atoms with van der Waals surface area (Å²) in [6.45, 7) is 5.32. The van der Waals surface area contributed by atoms with E-state index in [1.165, 1.54) is 11.3 Å². The first-order valence-electron chi connectivity index (χ1n) is 7.22. The number of anilines is 1. The van der Waals surface area contributed by atoms with E-state index in [2.05, 4.69) is 35.1 Å². The molecule has 108 valence electrons. The Hall–Kier alpha value is -1.81. The Bertz CT molecular complexity index is 533. The molecule has 1 aromatic carbocycles. The van der Waals surface area contributed by atoms with Crippen LogP contribution in [0, 0.1) is 0 Å². The van der Waals surface area contributed by atoms with Gasteiger partial charge in [-0.05, 0) is 36.7 Å². The summed E-state index contributed by atoms with van der Waals surface area (Å²) in [7, 11) is 2.00. The van der Waals surface area contributed by atoms with Crippen molar-refractivity contribution in [3.05, 3.63) is 47.8 Å². The van der Waals surface area contributed by atoms with Crippen LogP contribution in [0.1, 0.15) is 24.6 Å². The van der Waals surface area contributed by atoms with Gasteiger partial charge in [0, 0.05) is 44.1 Å². The van der Waals surface area contributed by atoms with Crippen LogP contribution in [-0.2, 0) is 20.0 Å². The molecule has 4 nitrogen and oxygen atoms in total. The van der Waals surface area contributed by atoms with Gasteiger partial charge >= 0.3 is 0 Å². The van der Waals surface area contributed by atoms with Gasteiger partial charge in [-0.1, -0.05) is 19.1 Å². The predicted octanol–water partition coefficient (Wildman–Crippen LogP) is 2.46.